The van der Waals surface area contributed by atoms with Gasteiger partial charge in [-0.1, -0.05) is 0 Å². The predicted molar refractivity (Wildman–Crippen MR) is 79.0 cm³/mol. The van der Waals surface area contributed by atoms with Crippen molar-refractivity contribution in [3.05, 3.63) is 58.9 Å². The van der Waals surface area contributed by atoms with E-state index in [-0.39, 0.29) is 28.1 Å². The van der Waals surface area contributed by atoms with Gasteiger partial charge in [0.25, 0.3) is 5.91 Å². The van der Waals surface area contributed by atoms with E-state index in [1.54, 1.807) is 0 Å². The molecule has 23 heavy (non-hydrogen) atoms. The van der Waals surface area contributed by atoms with E-state index in [2.05, 4.69) is 5.32 Å². The number of carboxylic acid groups (broad SMARTS) is 1. The molecule has 0 saturated carbocycles. The van der Waals surface area contributed by atoms with E-state index < -0.39 is 17.7 Å². The Bertz CT molecular complexity index is 827. The standard InChI is InChI=1S/C16H11FN2O4/c1-23-14-5-3-10(7-12(14)17)15(20)19-13-4-2-9(8-18)6-11(13)16(21)22/h2-7H,1H3,(H,19,20)(H,21,22). The molecule has 0 aromatic heterocycles. The second kappa shape index (κ2) is 6.58. The lowest BCUT2D eigenvalue weighted by Crippen LogP contribution is -2.15. The molecule has 0 aliphatic heterocycles. The van der Waals surface area contributed by atoms with E-state index in [0.717, 1.165) is 12.1 Å². The van der Waals surface area contributed by atoms with Crippen LogP contribution in [0.3, 0.4) is 0 Å². The van der Waals surface area contributed by atoms with Crippen molar-refractivity contribution < 1.29 is 23.8 Å². The summed E-state index contributed by atoms with van der Waals surface area (Å²) >= 11 is 0. The Morgan fingerprint density at radius 3 is 2.57 bits per heavy atom. The van der Waals surface area contributed by atoms with Crippen LogP contribution in [0.25, 0.3) is 0 Å². The van der Waals surface area contributed by atoms with Crippen molar-refractivity contribution in [1.29, 1.82) is 5.26 Å². The van der Waals surface area contributed by atoms with E-state index in [9.17, 15) is 14.0 Å². The van der Waals surface area contributed by atoms with Gasteiger partial charge in [-0.25, -0.2) is 9.18 Å². The minimum Gasteiger partial charge on any atom is -0.494 e. The summed E-state index contributed by atoms with van der Waals surface area (Å²) in [7, 11) is 1.30. The van der Waals surface area contributed by atoms with Crippen molar-refractivity contribution >= 4 is 17.6 Å². The van der Waals surface area contributed by atoms with Crippen LogP contribution in [0.15, 0.2) is 36.4 Å². The van der Waals surface area contributed by atoms with Gasteiger partial charge in [-0.15, -0.1) is 0 Å². The molecule has 0 saturated heterocycles. The normalized spacial score (nSPS) is 9.78. The molecule has 0 atom stereocenters. The van der Waals surface area contributed by atoms with Crippen LogP contribution < -0.4 is 10.1 Å². The van der Waals surface area contributed by atoms with Gasteiger partial charge in [-0.2, -0.15) is 5.26 Å². The third-order valence-corrected chi connectivity index (χ3v) is 3.04. The van der Waals surface area contributed by atoms with Crippen molar-refractivity contribution in [2.75, 3.05) is 12.4 Å². The monoisotopic (exact) mass is 314 g/mol. The van der Waals surface area contributed by atoms with Crippen LogP contribution in [0.5, 0.6) is 5.75 Å². The minimum absolute atomic E-state index is 0.00370. The van der Waals surface area contributed by atoms with Gasteiger partial charge < -0.3 is 15.2 Å². The number of nitrogens with zero attached hydrogens (tertiary/aromatic N) is 1. The summed E-state index contributed by atoms with van der Waals surface area (Å²) in [5, 5.41) is 20.3. The number of anilines is 1. The SMILES string of the molecule is COc1ccc(C(=O)Nc2ccc(C#N)cc2C(=O)O)cc1F. The molecule has 2 rings (SSSR count). The number of nitriles is 1. The van der Waals surface area contributed by atoms with Crippen molar-refractivity contribution in [2.24, 2.45) is 0 Å². The number of hydrogen-bond acceptors (Lipinski definition) is 4. The molecule has 2 aromatic carbocycles. The number of carbonyl (C=O) groups is 2. The predicted octanol–water partition coefficient (Wildman–Crippen LogP) is 2.66. The summed E-state index contributed by atoms with van der Waals surface area (Å²) in [6.07, 6.45) is 0. The smallest absolute Gasteiger partial charge is 0.337 e. The molecule has 0 radical (unpaired) electrons. The maximum Gasteiger partial charge on any atom is 0.337 e. The number of methoxy groups -OCH3 is 1. The number of hydrogen-bond donors (Lipinski definition) is 2. The average molecular weight is 314 g/mol. The van der Waals surface area contributed by atoms with Crippen LogP contribution in [0.2, 0.25) is 0 Å². The molecule has 2 N–H and O–H groups in total. The number of amides is 1. The summed E-state index contributed by atoms with van der Waals surface area (Å²) in [5.74, 6) is -2.69. The highest BCUT2D eigenvalue weighted by Crippen LogP contribution is 2.21. The first-order valence-corrected chi connectivity index (χ1v) is 6.38. The zero-order valence-electron chi connectivity index (χ0n) is 12.0. The highest BCUT2D eigenvalue weighted by Gasteiger charge is 2.15. The quantitative estimate of drug-likeness (QED) is 0.903. The Kier molecular flexibility index (Phi) is 4.57. The van der Waals surface area contributed by atoms with Crippen LogP contribution in [-0.4, -0.2) is 24.1 Å². The van der Waals surface area contributed by atoms with Crippen LogP contribution in [0.4, 0.5) is 10.1 Å². The van der Waals surface area contributed by atoms with Gasteiger partial charge in [0.15, 0.2) is 11.6 Å². The van der Waals surface area contributed by atoms with E-state index in [1.165, 1.54) is 31.4 Å². The zero-order valence-corrected chi connectivity index (χ0v) is 12.0. The fourth-order valence-electron chi connectivity index (χ4n) is 1.90. The minimum atomic E-state index is -1.29. The first-order valence-electron chi connectivity index (χ1n) is 6.38. The van der Waals surface area contributed by atoms with Crippen LogP contribution in [-0.2, 0) is 0 Å². The highest BCUT2D eigenvalue weighted by molar-refractivity contribution is 6.07. The molecule has 0 spiro atoms. The molecule has 116 valence electrons. The largest absolute Gasteiger partial charge is 0.494 e. The van der Waals surface area contributed by atoms with Crippen LogP contribution in [0.1, 0.15) is 26.3 Å². The molecule has 0 bridgehead atoms. The lowest BCUT2D eigenvalue weighted by molar-refractivity contribution is 0.0698. The molecule has 0 aliphatic rings. The Balaban J connectivity index is 2.32. The number of halogens is 1. The van der Waals surface area contributed by atoms with Crippen LogP contribution >= 0.6 is 0 Å². The Hall–Kier alpha value is -3.40. The lowest BCUT2D eigenvalue weighted by atomic mass is 10.1. The Morgan fingerprint density at radius 2 is 2.00 bits per heavy atom. The number of ether oxygens (including phenoxy) is 1. The number of benzene rings is 2. The maximum atomic E-state index is 13.6. The van der Waals surface area contributed by atoms with Gasteiger partial charge in [-0.05, 0) is 36.4 Å². The van der Waals surface area contributed by atoms with Gasteiger partial charge in [0, 0.05) is 5.56 Å². The van der Waals surface area contributed by atoms with Crippen molar-refractivity contribution in [3.8, 4) is 11.8 Å². The van der Waals surface area contributed by atoms with E-state index in [1.807, 2.05) is 6.07 Å². The number of rotatable bonds is 4. The Labute approximate surface area is 130 Å². The number of nitrogens with one attached hydrogen (secondary N) is 1. The molecule has 7 heteroatoms. The summed E-state index contributed by atoms with van der Waals surface area (Å²) in [6, 6.07) is 9.26. The first-order chi connectivity index (χ1) is 11.0. The third kappa shape index (κ3) is 3.44. The average Bonchev–Trinajstić information content (AvgIpc) is 2.54. The molecular weight excluding hydrogens is 303 g/mol. The Morgan fingerprint density at radius 1 is 1.26 bits per heavy atom. The second-order valence-electron chi connectivity index (χ2n) is 4.48. The topological polar surface area (TPSA) is 99.4 Å². The van der Waals surface area contributed by atoms with Crippen molar-refractivity contribution in [2.45, 2.75) is 0 Å². The van der Waals surface area contributed by atoms with Gasteiger partial charge >= 0.3 is 5.97 Å². The fourth-order valence-corrected chi connectivity index (χ4v) is 1.90. The first kappa shape index (κ1) is 16.0. The number of carboxylic acids is 1. The fraction of sp³-hybridized carbons (Fsp3) is 0.0625. The molecule has 0 fully saturated rings. The molecule has 0 unspecified atom stereocenters. The van der Waals surface area contributed by atoms with Gasteiger partial charge in [0.05, 0.1) is 30.0 Å². The summed E-state index contributed by atoms with van der Waals surface area (Å²) in [4.78, 5) is 23.3. The molecular formula is C16H11FN2O4. The van der Waals surface area contributed by atoms with Crippen molar-refractivity contribution in [3.63, 3.8) is 0 Å². The highest BCUT2D eigenvalue weighted by atomic mass is 19.1. The third-order valence-electron chi connectivity index (χ3n) is 3.04. The van der Waals surface area contributed by atoms with E-state index >= 15 is 0 Å². The van der Waals surface area contributed by atoms with E-state index in [0.29, 0.717) is 0 Å². The summed E-state index contributed by atoms with van der Waals surface area (Å²) in [5.41, 5.74) is -0.0657. The van der Waals surface area contributed by atoms with E-state index in [4.69, 9.17) is 15.1 Å². The zero-order chi connectivity index (χ0) is 17.0. The lowest BCUT2D eigenvalue weighted by Gasteiger charge is -2.09. The summed E-state index contributed by atoms with van der Waals surface area (Å²) in [6.45, 7) is 0. The maximum absolute atomic E-state index is 13.6. The van der Waals surface area contributed by atoms with Gasteiger partial charge in [-0.3, -0.25) is 4.79 Å². The molecule has 6 nitrogen and oxygen atoms in total. The second-order valence-corrected chi connectivity index (χ2v) is 4.48. The summed E-state index contributed by atoms with van der Waals surface area (Å²) < 4.78 is 18.4. The molecule has 0 aliphatic carbocycles. The van der Waals surface area contributed by atoms with Crippen LogP contribution in [0, 0.1) is 17.1 Å². The van der Waals surface area contributed by atoms with Gasteiger partial charge in [0.2, 0.25) is 0 Å². The van der Waals surface area contributed by atoms with Crippen molar-refractivity contribution in [1.82, 2.24) is 0 Å². The molecule has 0 heterocycles. The molecule has 2 aromatic rings. The van der Waals surface area contributed by atoms with Gasteiger partial charge in [0.1, 0.15) is 0 Å². The molecule has 1 amide bonds. The number of carbonyl (C=O) groups excluding carboxylic acids is 1. The number of aromatic carboxylic acids is 1.